The van der Waals surface area contributed by atoms with Gasteiger partial charge in [0.05, 0.1) is 6.04 Å². The van der Waals surface area contributed by atoms with Crippen molar-refractivity contribution in [1.82, 2.24) is 10.2 Å². The standard InChI is InChI=1S/C21H22N2OS/c1-23(2)19(20-13-8-14-25-20)15-22-21(24)18-12-7-6-11-17(18)16-9-4-3-5-10-16/h3-14,19H,15H2,1-2H3,(H,22,24). The Hall–Kier alpha value is -2.43. The van der Waals surface area contributed by atoms with E-state index in [1.165, 1.54) is 4.88 Å². The molecule has 0 radical (unpaired) electrons. The van der Waals surface area contributed by atoms with Crippen LogP contribution < -0.4 is 5.32 Å². The first-order valence-corrected chi connectivity index (χ1v) is 9.17. The molecule has 0 aliphatic rings. The molecule has 0 aliphatic carbocycles. The molecular formula is C21H22N2OS. The number of thiophene rings is 1. The minimum Gasteiger partial charge on any atom is -0.350 e. The summed E-state index contributed by atoms with van der Waals surface area (Å²) in [6.45, 7) is 0.579. The minimum atomic E-state index is -0.0390. The molecule has 1 aromatic heterocycles. The first-order chi connectivity index (χ1) is 12.2. The Morgan fingerprint density at radius 2 is 1.72 bits per heavy atom. The zero-order valence-corrected chi connectivity index (χ0v) is 15.3. The lowest BCUT2D eigenvalue weighted by atomic mass is 9.99. The lowest BCUT2D eigenvalue weighted by molar-refractivity contribution is 0.0943. The van der Waals surface area contributed by atoms with Crippen LogP contribution in [0.4, 0.5) is 0 Å². The largest absolute Gasteiger partial charge is 0.350 e. The van der Waals surface area contributed by atoms with Crippen LogP contribution in [0.3, 0.4) is 0 Å². The molecule has 1 N–H and O–H groups in total. The van der Waals surface area contributed by atoms with E-state index in [0.29, 0.717) is 12.1 Å². The summed E-state index contributed by atoms with van der Waals surface area (Å²) >= 11 is 1.71. The van der Waals surface area contributed by atoms with E-state index in [2.05, 4.69) is 21.7 Å². The summed E-state index contributed by atoms with van der Waals surface area (Å²) in [7, 11) is 4.07. The molecule has 0 fully saturated rings. The van der Waals surface area contributed by atoms with E-state index in [-0.39, 0.29) is 11.9 Å². The SMILES string of the molecule is CN(C)C(CNC(=O)c1ccccc1-c1ccccc1)c1cccs1. The molecule has 1 unspecified atom stereocenters. The average Bonchev–Trinajstić information content (AvgIpc) is 3.16. The molecule has 3 nitrogen and oxygen atoms in total. The second-order valence-corrected chi connectivity index (χ2v) is 7.10. The zero-order valence-electron chi connectivity index (χ0n) is 14.5. The first kappa shape index (κ1) is 17.4. The topological polar surface area (TPSA) is 32.3 Å². The van der Waals surface area contributed by atoms with Gasteiger partial charge in [0.2, 0.25) is 0 Å². The van der Waals surface area contributed by atoms with Crippen molar-refractivity contribution >= 4 is 17.2 Å². The Bertz CT molecular complexity index is 813. The summed E-state index contributed by atoms with van der Waals surface area (Å²) < 4.78 is 0. The van der Waals surface area contributed by atoms with Crippen molar-refractivity contribution in [3.63, 3.8) is 0 Å². The molecule has 3 aromatic rings. The van der Waals surface area contributed by atoms with Crippen molar-refractivity contribution < 1.29 is 4.79 Å². The van der Waals surface area contributed by atoms with Gasteiger partial charge in [-0.15, -0.1) is 11.3 Å². The molecule has 128 valence electrons. The van der Waals surface area contributed by atoms with Gasteiger partial charge in [-0.05, 0) is 42.7 Å². The number of carbonyl (C=O) groups excluding carboxylic acids is 1. The van der Waals surface area contributed by atoms with E-state index in [4.69, 9.17) is 0 Å². The van der Waals surface area contributed by atoms with Crippen molar-refractivity contribution in [3.05, 3.63) is 82.6 Å². The van der Waals surface area contributed by atoms with Crippen molar-refractivity contribution in [2.24, 2.45) is 0 Å². The first-order valence-electron chi connectivity index (χ1n) is 8.29. The van der Waals surface area contributed by atoms with E-state index >= 15 is 0 Å². The summed E-state index contributed by atoms with van der Waals surface area (Å²) in [5.41, 5.74) is 2.71. The van der Waals surface area contributed by atoms with Gasteiger partial charge in [0, 0.05) is 17.0 Å². The Labute approximate surface area is 152 Å². The average molecular weight is 350 g/mol. The van der Waals surface area contributed by atoms with E-state index in [1.54, 1.807) is 11.3 Å². The second kappa shape index (κ2) is 8.10. The van der Waals surface area contributed by atoms with Crippen molar-refractivity contribution in [3.8, 4) is 11.1 Å². The Kier molecular flexibility index (Phi) is 5.64. The summed E-state index contributed by atoms with van der Waals surface area (Å²) in [4.78, 5) is 16.2. The predicted molar refractivity (Wildman–Crippen MR) is 105 cm³/mol. The summed E-state index contributed by atoms with van der Waals surface area (Å²) in [6, 6.07) is 22.1. The van der Waals surface area contributed by atoms with E-state index in [9.17, 15) is 4.79 Å². The zero-order chi connectivity index (χ0) is 17.6. The third-order valence-electron chi connectivity index (χ3n) is 4.21. The molecule has 1 amide bonds. The molecule has 25 heavy (non-hydrogen) atoms. The maximum atomic E-state index is 12.8. The highest BCUT2D eigenvalue weighted by molar-refractivity contribution is 7.10. The van der Waals surface area contributed by atoms with Crippen LogP contribution in [-0.4, -0.2) is 31.4 Å². The quantitative estimate of drug-likeness (QED) is 0.712. The molecule has 0 saturated carbocycles. The third-order valence-corrected chi connectivity index (χ3v) is 5.18. The lowest BCUT2D eigenvalue weighted by Gasteiger charge is -2.23. The molecule has 1 heterocycles. The monoisotopic (exact) mass is 350 g/mol. The minimum absolute atomic E-state index is 0.0390. The number of carbonyl (C=O) groups is 1. The van der Waals surface area contributed by atoms with Crippen LogP contribution in [0.5, 0.6) is 0 Å². The van der Waals surface area contributed by atoms with Gasteiger partial charge in [-0.25, -0.2) is 0 Å². The van der Waals surface area contributed by atoms with Crippen molar-refractivity contribution in [1.29, 1.82) is 0 Å². The molecular weight excluding hydrogens is 328 g/mol. The van der Waals surface area contributed by atoms with Gasteiger partial charge in [-0.3, -0.25) is 4.79 Å². The number of nitrogens with zero attached hydrogens (tertiary/aromatic N) is 1. The molecule has 2 aromatic carbocycles. The molecule has 3 rings (SSSR count). The third kappa shape index (κ3) is 4.16. The number of hydrogen-bond acceptors (Lipinski definition) is 3. The van der Waals surface area contributed by atoms with Crippen LogP contribution in [0.25, 0.3) is 11.1 Å². The van der Waals surface area contributed by atoms with Crippen LogP contribution in [0.15, 0.2) is 72.1 Å². The van der Waals surface area contributed by atoms with Gasteiger partial charge in [-0.1, -0.05) is 54.6 Å². The molecule has 0 saturated heterocycles. The molecule has 0 spiro atoms. The van der Waals surface area contributed by atoms with Crippen LogP contribution in [-0.2, 0) is 0 Å². The van der Waals surface area contributed by atoms with Gasteiger partial charge in [0.1, 0.15) is 0 Å². The fourth-order valence-corrected chi connectivity index (χ4v) is 3.78. The summed E-state index contributed by atoms with van der Waals surface area (Å²) in [6.07, 6.45) is 0. The van der Waals surface area contributed by atoms with Crippen LogP contribution in [0.2, 0.25) is 0 Å². The predicted octanol–water partition coefficient (Wildman–Crippen LogP) is 4.45. The highest BCUT2D eigenvalue weighted by atomic mass is 32.1. The van der Waals surface area contributed by atoms with Crippen LogP contribution >= 0.6 is 11.3 Å². The number of benzene rings is 2. The number of rotatable bonds is 6. The van der Waals surface area contributed by atoms with Crippen molar-refractivity contribution in [2.75, 3.05) is 20.6 Å². The Balaban J connectivity index is 1.78. The van der Waals surface area contributed by atoms with Gasteiger partial charge < -0.3 is 10.2 Å². The maximum Gasteiger partial charge on any atom is 0.251 e. The van der Waals surface area contributed by atoms with Crippen LogP contribution in [0.1, 0.15) is 21.3 Å². The maximum absolute atomic E-state index is 12.8. The van der Waals surface area contributed by atoms with E-state index in [1.807, 2.05) is 74.8 Å². The van der Waals surface area contributed by atoms with E-state index < -0.39 is 0 Å². The van der Waals surface area contributed by atoms with Gasteiger partial charge in [0.25, 0.3) is 5.91 Å². The highest BCUT2D eigenvalue weighted by Crippen LogP contribution is 2.25. The summed E-state index contributed by atoms with van der Waals surface area (Å²) in [5, 5.41) is 5.17. The molecule has 0 aliphatic heterocycles. The molecule has 1 atom stereocenters. The number of amides is 1. The van der Waals surface area contributed by atoms with Gasteiger partial charge in [-0.2, -0.15) is 0 Å². The molecule has 0 bridgehead atoms. The second-order valence-electron chi connectivity index (χ2n) is 6.12. The normalized spacial score (nSPS) is 12.1. The fourth-order valence-electron chi connectivity index (χ4n) is 2.85. The van der Waals surface area contributed by atoms with Crippen LogP contribution in [0, 0.1) is 0 Å². The highest BCUT2D eigenvalue weighted by Gasteiger charge is 2.18. The number of likely N-dealkylation sites (N-methyl/N-ethyl adjacent to an activating group) is 1. The Morgan fingerprint density at radius 3 is 2.40 bits per heavy atom. The van der Waals surface area contributed by atoms with E-state index in [0.717, 1.165) is 11.1 Å². The van der Waals surface area contributed by atoms with Gasteiger partial charge >= 0.3 is 0 Å². The smallest absolute Gasteiger partial charge is 0.251 e. The lowest BCUT2D eigenvalue weighted by Crippen LogP contribution is -2.34. The molecule has 4 heteroatoms. The Morgan fingerprint density at radius 1 is 1.00 bits per heavy atom. The van der Waals surface area contributed by atoms with Crippen molar-refractivity contribution in [2.45, 2.75) is 6.04 Å². The van der Waals surface area contributed by atoms with Gasteiger partial charge in [0.15, 0.2) is 0 Å². The summed E-state index contributed by atoms with van der Waals surface area (Å²) in [5.74, 6) is -0.0390. The fraction of sp³-hybridized carbons (Fsp3) is 0.190. The number of nitrogens with one attached hydrogen (secondary N) is 1. The number of hydrogen-bond donors (Lipinski definition) is 1.